The lowest BCUT2D eigenvalue weighted by atomic mass is 10.2. The fourth-order valence-corrected chi connectivity index (χ4v) is 4.52. The zero-order chi connectivity index (χ0) is 22.5. The first kappa shape index (κ1) is 21.8. The maximum absolute atomic E-state index is 13.3. The number of anilines is 1. The molecule has 1 N–H and O–H groups in total. The lowest BCUT2D eigenvalue weighted by molar-refractivity contribution is -0.119. The number of carbonyl (C=O) groups is 1. The van der Waals surface area contributed by atoms with Crippen LogP contribution < -0.4 is 10.1 Å². The molecule has 0 radical (unpaired) electrons. The van der Waals surface area contributed by atoms with Crippen molar-refractivity contribution in [1.82, 2.24) is 14.5 Å². The predicted octanol–water partition coefficient (Wildman–Crippen LogP) is 5.46. The lowest BCUT2D eigenvalue weighted by Crippen LogP contribution is -2.26. The van der Waals surface area contributed by atoms with Gasteiger partial charge in [0.1, 0.15) is 17.6 Å². The Bertz CT molecular complexity index is 1230. The minimum atomic E-state index is -0.496. The van der Waals surface area contributed by atoms with Crippen molar-refractivity contribution in [1.29, 1.82) is 0 Å². The number of para-hydroxylation sites is 2. The van der Waals surface area contributed by atoms with Gasteiger partial charge >= 0.3 is 0 Å². The van der Waals surface area contributed by atoms with Crippen molar-refractivity contribution >= 4 is 34.4 Å². The van der Waals surface area contributed by atoms with Gasteiger partial charge in [-0.2, -0.15) is 0 Å². The highest BCUT2D eigenvalue weighted by atomic mass is 32.2. The number of amides is 1. The smallest absolute Gasteiger partial charge is 0.247 e. The highest BCUT2D eigenvalue weighted by Crippen LogP contribution is 2.32. The zero-order valence-corrected chi connectivity index (χ0v) is 18.6. The fourth-order valence-electron chi connectivity index (χ4n) is 3.50. The number of pyridine rings is 1. The number of imidazole rings is 1. The molecule has 0 bridgehead atoms. The summed E-state index contributed by atoms with van der Waals surface area (Å²) < 4.78 is 20.5. The number of hydrogen-bond donors (Lipinski definition) is 1. The van der Waals surface area contributed by atoms with Crippen molar-refractivity contribution in [2.45, 2.75) is 30.3 Å². The normalized spacial score (nSPS) is 12.0. The quantitative estimate of drug-likeness (QED) is 0.361. The molecule has 0 spiro atoms. The van der Waals surface area contributed by atoms with Crippen LogP contribution in [0.5, 0.6) is 5.75 Å². The van der Waals surface area contributed by atoms with Crippen molar-refractivity contribution in [2.24, 2.45) is 0 Å². The third kappa shape index (κ3) is 4.60. The van der Waals surface area contributed by atoms with Crippen LogP contribution in [0.3, 0.4) is 0 Å². The van der Waals surface area contributed by atoms with Crippen LogP contribution in [-0.2, 0) is 10.5 Å². The van der Waals surface area contributed by atoms with Crippen LogP contribution in [0.25, 0.3) is 11.0 Å². The van der Waals surface area contributed by atoms with Gasteiger partial charge in [0.2, 0.25) is 5.91 Å². The Labute approximate surface area is 189 Å². The van der Waals surface area contributed by atoms with Gasteiger partial charge in [-0.1, -0.05) is 43.0 Å². The summed E-state index contributed by atoms with van der Waals surface area (Å²) in [6, 6.07) is 15.0. The summed E-state index contributed by atoms with van der Waals surface area (Å²) in [5.41, 5.74) is 3.14. The van der Waals surface area contributed by atoms with E-state index in [0.717, 1.165) is 16.6 Å². The number of halogens is 1. The first-order valence-electron chi connectivity index (χ1n) is 10.2. The Balaban J connectivity index is 1.66. The molecule has 0 aliphatic rings. The van der Waals surface area contributed by atoms with Crippen LogP contribution in [0.4, 0.5) is 10.1 Å². The molecule has 0 unspecified atom stereocenters. The van der Waals surface area contributed by atoms with Crippen LogP contribution in [0.1, 0.15) is 24.9 Å². The van der Waals surface area contributed by atoms with E-state index in [9.17, 15) is 9.18 Å². The third-order valence-corrected chi connectivity index (χ3v) is 6.13. The number of aromatic nitrogens is 3. The Morgan fingerprint density at radius 3 is 2.72 bits per heavy atom. The van der Waals surface area contributed by atoms with Crippen molar-refractivity contribution in [3.8, 4) is 5.75 Å². The maximum Gasteiger partial charge on any atom is 0.247 e. The molecule has 1 amide bonds. The van der Waals surface area contributed by atoms with Crippen LogP contribution in [0.2, 0.25) is 0 Å². The molecule has 0 fully saturated rings. The minimum Gasteiger partial charge on any atom is -0.495 e. The van der Waals surface area contributed by atoms with Gasteiger partial charge < -0.3 is 14.6 Å². The third-order valence-electron chi connectivity index (χ3n) is 5.11. The van der Waals surface area contributed by atoms with Crippen LogP contribution in [0, 0.1) is 5.82 Å². The molecule has 6 nitrogen and oxygen atoms in total. The maximum atomic E-state index is 13.3. The molecule has 0 saturated carbocycles. The summed E-state index contributed by atoms with van der Waals surface area (Å²) in [4.78, 5) is 22.3. The Hall–Kier alpha value is -3.39. The number of ether oxygens (including phenoxy) is 1. The van der Waals surface area contributed by atoms with E-state index in [4.69, 9.17) is 9.72 Å². The molecule has 8 heteroatoms. The Morgan fingerprint density at radius 1 is 1.19 bits per heavy atom. The Kier molecular flexibility index (Phi) is 6.70. The molecule has 4 aromatic rings. The molecule has 32 heavy (non-hydrogen) atoms. The van der Waals surface area contributed by atoms with E-state index in [0.29, 0.717) is 28.8 Å². The molecule has 164 valence electrons. The predicted molar refractivity (Wildman–Crippen MR) is 124 cm³/mol. The van der Waals surface area contributed by atoms with Crippen molar-refractivity contribution < 1.29 is 13.9 Å². The molecular weight excluding hydrogens is 427 g/mol. The summed E-state index contributed by atoms with van der Waals surface area (Å²) in [5, 5.41) is 3.70. The van der Waals surface area contributed by atoms with Crippen LogP contribution >= 0.6 is 11.8 Å². The van der Waals surface area contributed by atoms with E-state index >= 15 is 0 Å². The number of benzene rings is 2. The number of fused-ring (bicyclic) bond motifs is 1. The van der Waals surface area contributed by atoms with Crippen molar-refractivity contribution in [3.63, 3.8) is 0 Å². The summed E-state index contributed by atoms with van der Waals surface area (Å²) in [6.07, 6.45) is 3.97. The summed E-state index contributed by atoms with van der Waals surface area (Å²) in [5.74, 6) is 0.764. The van der Waals surface area contributed by atoms with Gasteiger partial charge in [-0.15, -0.1) is 0 Å². The number of methoxy groups -OCH3 is 1. The van der Waals surface area contributed by atoms with Gasteiger partial charge in [0, 0.05) is 11.9 Å². The summed E-state index contributed by atoms with van der Waals surface area (Å²) in [6.45, 7) is 1.96. The molecule has 2 heterocycles. The monoisotopic (exact) mass is 450 g/mol. The van der Waals surface area contributed by atoms with Crippen LogP contribution in [-0.4, -0.2) is 27.6 Å². The average Bonchev–Trinajstić information content (AvgIpc) is 3.18. The number of thioether (sulfide) groups is 1. The second kappa shape index (κ2) is 9.82. The van der Waals surface area contributed by atoms with E-state index in [1.807, 2.05) is 29.7 Å². The Morgan fingerprint density at radius 2 is 1.97 bits per heavy atom. The van der Waals surface area contributed by atoms with Gasteiger partial charge in [-0.05, 0) is 42.3 Å². The first-order chi connectivity index (χ1) is 15.6. The summed E-state index contributed by atoms with van der Waals surface area (Å²) in [7, 11) is 1.57. The van der Waals surface area contributed by atoms with Gasteiger partial charge in [0.15, 0.2) is 5.16 Å². The van der Waals surface area contributed by atoms with E-state index in [2.05, 4.69) is 10.3 Å². The number of carbonyl (C=O) groups excluding carboxylic acids is 1. The first-order valence-corrected chi connectivity index (χ1v) is 11.2. The zero-order valence-electron chi connectivity index (χ0n) is 17.8. The number of nitrogens with one attached hydrogen (secondary N) is 1. The van der Waals surface area contributed by atoms with Gasteiger partial charge in [0.25, 0.3) is 0 Å². The highest BCUT2D eigenvalue weighted by molar-refractivity contribution is 7.98. The SMILES string of the molecule is CC[C@@H](C(=O)Nc1ccccc1OC)n1c(SCc2ccc(F)cc2)nc2ccncc21. The molecule has 2 aromatic heterocycles. The fraction of sp³-hybridized carbons (Fsp3) is 0.208. The second-order valence-corrected chi connectivity index (χ2v) is 8.10. The van der Waals surface area contributed by atoms with Crippen molar-refractivity contribution in [2.75, 3.05) is 12.4 Å². The van der Waals surface area contributed by atoms with E-state index < -0.39 is 6.04 Å². The molecule has 4 rings (SSSR count). The molecule has 2 aromatic carbocycles. The lowest BCUT2D eigenvalue weighted by Gasteiger charge is -2.20. The van der Waals surface area contributed by atoms with E-state index in [1.54, 1.807) is 43.8 Å². The van der Waals surface area contributed by atoms with Crippen molar-refractivity contribution in [3.05, 3.63) is 78.4 Å². The van der Waals surface area contributed by atoms with E-state index in [-0.39, 0.29) is 11.7 Å². The number of rotatable bonds is 8. The standard InChI is InChI=1S/C24H23FN4O2S/c1-3-20(23(30)27-19-6-4-5-7-22(19)31-2)29-21-14-26-13-12-18(21)28-24(29)32-15-16-8-10-17(25)11-9-16/h4-14,20H,3,15H2,1-2H3,(H,27,30)/t20-/m0/s1. The van der Waals surface area contributed by atoms with E-state index in [1.165, 1.54) is 23.9 Å². The minimum absolute atomic E-state index is 0.163. The second-order valence-electron chi connectivity index (χ2n) is 7.16. The molecular formula is C24H23FN4O2S. The average molecular weight is 451 g/mol. The molecule has 1 atom stereocenters. The largest absolute Gasteiger partial charge is 0.495 e. The number of hydrogen-bond acceptors (Lipinski definition) is 5. The van der Waals surface area contributed by atoms with Gasteiger partial charge in [-0.25, -0.2) is 9.37 Å². The number of nitrogens with zero attached hydrogens (tertiary/aromatic N) is 3. The van der Waals surface area contributed by atoms with Crippen LogP contribution in [0.15, 0.2) is 72.1 Å². The summed E-state index contributed by atoms with van der Waals surface area (Å²) >= 11 is 1.50. The molecule has 0 saturated heterocycles. The topological polar surface area (TPSA) is 69.0 Å². The molecule has 0 aliphatic heterocycles. The van der Waals surface area contributed by atoms with Gasteiger partial charge in [0.05, 0.1) is 30.0 Å². The van der Waals surface area contributed by atoms with Gasteiger partial charge in [-0.3, -0.25) is 9.78 Å². The highest BCUT2D eigenvalue weighted by Gasteiger charge is 2.25. The molecule has 0 aliphatic carbocycles.